The Morgan fingerprint density at radius 1 is 1.14 bits per heavy atom. The third-order valence-corrected chi connectivity index (χ3v) is 5.59. The fraction of sp³-hybridized carbons (Fsp3) is 0.0769. The van der Waals surface area contributed by atoms with Crippen LogP contribution in [0.1, 0.15) is 21.6 Å². The van der Waals surface area contributed by atoms with Gasteiger partial charge in [0, 0.05) is 24.1 Å². The number of hydrogen-bond acceptors (Lipinski definition) is 6. The van der Waals surface area contributed by atoms with Gasteiger partial charge in [-0.3, -0.25) is 14.3 Å². The normalized spacial score (nSPS) is 10.7. The average Bonchev–Trinajstić information content (AvgIpc) is 3.46. The highest BCUT2D eigenvalue weighted by atomic mass is 16.5. The quantitative estimate of drug-likeness (QED) is 0.387. The van der Waals surface area contributed by atoms with Gasteiger partial charge in [0.2, 0.25) is 0 Å². The fourth-order valence-corrected chi connectivity index (χ4v) is 3.81. The first-order chi connectivity index (χ1) is 17.0. The van der Waals surface area contributed by atoms with E-state index in [2.05, 4.69) is 20.0 Å². The highest BCUT2D eigenvalue weighted by Crippen LogP contribution is 2.28. The Morgan fingerprint density at radius 3 is 2.71 bits per heavy atom. The molecule has 0 spiro atoms. The Balaban J connectivity index is 1.42. The van der Waals surface area contributed by atoms with Crippen molar-refractivity contribution < 1.29 is 14.1 Å². The number of carbonyl (C=O) groups excluding carboxylic acids is 1. The summed E-state index contributed by atoms with van der Waals surface area (Å²) in [6.07, 6.45) is 0. The van der Waals surface area contributed by atoms with Gasteiger partial charge in [-0.25, -0.2) is 4.79 Å². The van der Waals surface area contributed by atoms with Crippen LogP contribution in [0, 0.1) is 11.3 Å². The summed E-state index contributed by atoms with van der Waals surface area (Å²) in [5.41, 5.74) is 3.39. The average molecular weight is 465 g/mol. The van der Waals surface area contributed by atoms with Crippen molar-refractivity contribution in [3.63, 3.8) is 0 Å². The third kappa shape index (κ3) is 4.41. The van der Waals surface area contributed by atoms with Crippen LogP contribution in [0.2, 0.25) is 0 Å². The van der Waals surface area contributed by atoms with Gasteiger partial charge in [0.25, 0.3) is 5.91 Å². The number of carbonyl (C=O) groups is 1. The van der Waals surface area contributed by atoms with Crippen molar-refractivity contribution in [2.24, 2.45) is 7.05 Å². The molecule has 2 aromatic heterocycles. The number of aromatic nitrogens is 3. The van der Waals surface area contributed by atoms with E-state index in [1.165, 1.54) is 6.07 Å². The minimum Gasteiger partial charge on any atom is -0.489 e. The number of aryl methyl sites for hydroxylation is 1. The maximum absolute atomic E-state index is 13.2. The minimum atomic E-state index is -0.737. The van der Waals surface area contributed by atoms with Gasteiger partial charge < -0.3 is 14.6 Å². The second kappa shape index (κ2) is 9.03. The predicted octanol–water partition coefficient (Wildman–Crippen LogP) is 4.22. The highest BCUT2D eigenvalue weighted by molar-refractivity contribution is 6.08. The number of benzene rings is 3. The molecule has 2 heterocycles. The summed E-state index contributed by atoms with van der Waals surface area (Å²) in [6.45, 7) is 0.440. The largest absolute Gasteiger partial charge is 0.489 e. The van der Waals surface area contributed by atoms with Crippen LogP contribution < -0.4 is 15.8 Å². The zero-order valence-electron chi connectivity index (χ0n) is 18.6. The SMILES string of the molecule is Cn1c(C(=O)Nc2ccc(C#N)cc2-c2noc(=O)[nH]2)cc2ccc(OCc3ccccc3)cc21. The minimum absolute atomic E-state index is 0.111. The Morgan fingerprint density at radius 2 is 1.97 bits per heavy atom. The number of fused-ring (bicyclic) bond motifs is 1. The van der Waals surface area contributed by atoms with Crippen molar-refractivity contribution in [2.75, 3.05) is 5.32 Å². The smallest absolute Gasteiger partial charge is 0.439 e. The molecule has 0 atom stereocenters. The number of nitrogens with one attached hydrogen (secondary N) is 2. The lowest BCUT2D eigenvalue weighted by Crippen LogP contribution is -2.16. The second-order valence-electron chi connectivity index (χ2n) is 7.85. The molecule has 0 aliphatic heterocycles. The van der Waals surface area contributed by atoms with Gasteiger partial charge in [-0.1, -0.05) is 35.5 Å². The van der Waals surface area contributed by atoms with Gasteiger partial charge in [-0.15, -0.1) is 0 Å². The Hall–Kier alpha value is -5.10. The molecule has 5 rings (SSSR count). The fourth-order valence-electron chi connectivity index (χ4n) is 3.81. The summed E-state index contributed by atoms with van der Waals surface area (Å²) in [7, 11) is 1.80. The third-order valence-electron chi connectivity index (χ3n) is 5.59. The molecule has 1 amide bonds. The van der Waals surface area contributed by atoms with E-state index < -0.39 is 5.76 Å². The lowest BCUT2D eigenvalue weighted by Gasteiger charge is -2.10. The Kier molecular flexibility index (Phi) is 5.61. The van der Waals surface area contributed by atoms with E-state index in [9.17, 15) is 14.9 Å². The lowest BCUT2D eigenvalue weighted by atomic mass is 10.1. The predicted molar refractivity (Wildman–Crippen MR) is 129 cm³/mol. The van der Waals surface area contributed by atoms with Crippen LogP contribution >= 0.6 is 0 Å². The summed E-state index contributed by atoms with van der Waals surface area (Å²) in [6, 6.07) is 24.0. The van der Waals surface area contributed by atoms with E-state index >= 15 is 0 Å². The van der Waals surface area contributed by atoms with Gasteiger partial charge in [0.1, 0.15) is 18.1 Å². The first-order valence-corrected chi connectivity index (χ1v) is 10.7. The zero-order valence-corrected chi connectivity index (χ0v) is 18.6. The monoisotopic (exact) mass is 465 g/mol. The van der Waals surface area contributed by atoms with Gasteiger partial charge in [0.15, 0.2) is 5.82 Å². The molecule has 5 aromatic rings. The van der Waals surface area contributed by atoms with Crippen LogP contribution in [0.5, 0.6) is 5.75 Å². The number of rotatable bonds is 6. The molecule has 2 N–H and O–H groups in total. The summed E-state index contributed by atoms with van der Waals surface area (Å²) in [4.78, 5) is 27.1. The molecule has 0 radical (unpaired) electrons. The van der Waals surface area contributed by atoms with Crippen LogP contribution in [-0.2, 0) is 13.7 Å². The number of amides is 1. The Labute approximate surface area is 199 Å². The first-order valence-electron chi connectivity index (χ1n) is 10.7. The molecule has 0 aliphatic rings. The van der Waals surface area contributed by atoms with Crippen LogP contribution in [-0.4, -0.2) is 20.6 Å². The number of ether oxygens (including phenoxy) is 1. The second-order valence-corrected chi connectivity index (χ2v) is 7.85. The molecule has 0 fully saturated rings. The van der Waals surface area contributed by atoms with Gasteiger partial charge >= 0.3 is 5.76 Å². The van der Waals surface area contributed by atoms with E-state index in [1.807, 2.05) is 54.6 Å². The van der Waals surface area contributed by atoms with E-state index in [0.29, 0.717) is 34.9 Å². The van der Waals surface area contributed by atoms with Crippen molar-refractivity contribution in [2.45, 2.75) is 6.61 Å². The number of nitriles is 1. The summed E-state index contributed by atoms with van der Waals surface area (Å²) in [5.74, 6) is -0.301. The van der Waals surface area contributed by atoms with E-state index in [-0.39, 0.29) is 11.7 Å². The van der Waals surface area contributed by atoms with Crippen molar-refractivity contribution in [1.29, 1.82) is 5.26 Å². The molecule has 0 aliphatic carbocycles. The maximum atomic E-state index is 13.2. The van der Waals surface area contributed by atoms with Crippen molar-refractivity contribution in [3.05, 3.63) is 100 Å². The molecular weight excluding hydrogens is 446 g/mol. The first kappa shape index (κ1) is 21.7. The van der Waals surface area contributed by atoms with Gasteiger partial charge in [-0.2, -0.15) is 5.26 Å². The summed E-state index contributed by atoms with van der Waals surface area (Å²) >= 11 is 0. The van der Waals surface area contributed by atoms with Crippen LogP contribution in [0.15, 0.2) is 82.1 Å². The molecular formula is C26H19N5O4. The van der Waals surface area contributed by atoms with Crippen molar-refractivity contribution in [3.8, 4) is 23.2 Å². The molecule has 0 saturated carbocycles. The van der Waals surface area contributed by atoms with E-state index in [1.54, 1.807) is 29.8 Å². The van der Waals surface area contributed by atoms with Gasteiger partial charge in [0.05, 0.1) is 22.8 Å². The summed E-state index contributed by atoms with van der Waals surface area (Å²) in [5, 5.41) is 16.6. The summed E-state index contributed by atoms with van der Waals surface area (Å²) < 4.78 is 12.3. The molecule has 0 saturated heterocycles. The molecule has 172 valence electrons. The molecule has 9 nitrogen and oxygen atoms in total. The van der Waals surface area contributed by atoms with Crippen molar-refractivity contribution in [1.82, 2.24) is 14.7 Å². The van der Waals surface area contributed by atoms with Crippen molar-refractivity contribution >= 4 is 22.5 Å². The number of nitrogens with zero attached hydrogens (tertiary/aromatic N) is 3. The standard InChI is InChI=1S/C26H19N5O4/c1-31-22-13-19(34-15-16-5-3-2-4-6-16)9-8-18(22)12-23(31)25(32)28-21-10-7-17(14-27)11-20(21)24-29-26(33)35-30-24/h2-13H,15H2,1H3,(H,28,32)(H,29,30,33). The van der Waals surface area contributed by atoms with E-state index in [4.69, 9.17) is 4.74 Å². The Bertz CT molecular complexity index is 1640. The van der Waals surface area contributed by atoms with Gasteiger partial charge in [-0.05, 0) is 42.0 Å². The number of hydrogen-bond donors (Lipinski definition) is 2. The molecule has 35 heavy (non-hydrogen) atoms. The van der Waals surface area contributed by atoms with Crippen LogP contribution in [0.4, 0.5) is 5.69 Å². The molecule has 3 aromatic carbocycles. The molecule has 0 bridgehead atoms. The number of H-pyrrole nitrogens is 1. The van der Waals surface area contributed by atoms with E-state index in [0.717, 1.165) is 16.5 Å². The number of anilines is 1. The highest BCUT2D eigenvalue weighted by Gasteiger charge is 2.18. The maximum Gasteiger partial charge on any atom is 0.439 e. The van der Waals surface area contributed by atoms with Crippen LogP contribution in [0.3, 0.4) is 0 Å². The molecule has 0 unspecified atom stereocenters. The number of aromatic amines is 1. The molecule has 9 heteroatoms. The van der Waals surface area contributed by atoms with Crippen LogP contribution in [0.25, 0.3) is 22.3 Å². The lowest BCUT2D eigenvalue weighted by molar-refractivity contribution is 0.101. The topological polar surface area (TPSA) is 126 Å². The zero-order chi connectivity index (χ0) is 24.4.